The first-order valence-electron chi connectivity index (χ1n) is 5.90. The van der Waals surface area contributed by atoms with Crippen molar-refractivity contribution in [2.24, 2.45) is 0 Å². The number of hydrogen-bond donors (Lipinski definition) is 3. The number of ether oxygens (including phenoxy) is 1. The van der Waals surface area contributed by atoms with E-state index in [-0.39, 0.29) is 11.9 Å². The van der Waals surface area contributed by atoms with E-state index in [2.05, 4.69) is 16.0 Å². The molecule has 0 bridgehead atoms. The van der Waals surface area contributed by atoms with Crippen molar-refractivity contribution < 1.29 is 9.53 Å². The molecule has 100 valence electrons. The highest BCUT2D eigenvalue weighted by Crippen LogP contribution is 1.83. The van der Waals surface area contributed by atoms with Crippen LogP contribution >= 0.6 is 12.2 Å². The third kappa shape index (κ3) is 10.0. The van der Waals surface area contributed by atoms with E-state index in [0.29, 0.717) is 24.7 Å². The van der Waals surface area contributed by atoms with Crippen molar-refractivity contribution >= 4 is 23.2 Å². The molecular formula is C11H23N3O2S. The van der Waals surface area contributed by atoms with Crippen molar-refractivity contribution in [3.8, 4) is 0 Å². The summed E-state index contributed by atoms with van der Waals surface area (Å²) < 4.78 is 4.98. The molecule has 1 unspecified atom stereocenters. The first-order chi connectivity index (χ1) is 8.10. The monoisotopic (exact) mass is 261 g/mol. The Balaban J connectivity index is 3.53. The van der Waals surface area contributed by atoms with Crippen LogP contribution in [0.5, 0.6) is 0 Å². The van der Waals surface area contributed by atoms with Gasteiger partial charge in [0.05, 0.1) is 6.61 Å². The van der Waals surface area contributed by atoms with Gasteiger partial charge in [-0.1, -0.05) is 6.92 Å². The predicted molar refractivity (Wildman–Crippen MR) is 73.0 cm³/mol. The van der Waals surface area contributed by atoms with Crippen LogP contribution in [0.15, 0.2) is 0 Å². The molecule has 1 atom stereocenters. The Bertz CT molecular complexity index is 237. The Labute approximate surface area is 109 Å². The lowest BCUT2D eigenvalue weighted by Crippen LogP contribution is -2.43. The second kappa shape index (κ2) is 10.3. The summed E-state index contributed by atoms with van der Waals surface area (Å²) in [6, 6.07) is 0.161. The van der Waals surface area contributed by atoms with Crippen LogP contribution in [0, 0.1) is 0 Å². The summed E-state index contributed by atoms with van der Waals surface area (Å²) in [6.45, 7) is 5.87. The van der Waals surface area contributed by atoms with Gasteiger partial charge in [0.2, 0.25) is 5.91 Å². The normalized spacial score (nSPS) is 11.7. The van der Waals surface area contributed by atoms with Gasteiger partial charge < -0.3 is 20.7 Å². The van der Waals surface area contributed by atoms with Gasteiger partial charge in [0.25, 0.3) is 0 Å². The fourth-order valence-electron chi connectivity index (χ4n) is 1.21. The molecule has 6 heteroatoms. The van der Waals surface area contributed by atoms with Crippen LogP contribution in [0.1, 0.15) is 26.7 Å². The number of nitrogens with one attached hydrogen (secondary N) is 3. The maximum atomic E-state index is 11.3. The van der Waals surface area contributed by atoms with Crippen molar-refractivity contribution in [1.29, 1.82) is 0 Å². The van der Waals surface area contributed by atoms with Crippen LogP contribution in [0.25, 0.3) is 0 Å². The summed E-state index contributed by atoms with van der Waals surface area (Å²) in [7, 11) is 1.65. The largest absolute Gasteiger partial charge is 0.383 e. The molecule has 0 aliphatic carbocycles. The molecule has 0 radical (unpaired) electrons. The molecule has 0 aromatic heterocycles. The standard InChI is InChI=1S/C11H23N3O2S/c1-4-6-12-10(15)5-7-13-11(17)14-9(2)8-16-3/h9H,4-8H2,1-3H3,(H,12,15)(H2,13,14,17). The van der Waals surface area contributed by atoms with Crippen molar-refractivity contribution in [1.82, 2.24) is 16.0 Å². The summed E-state index contributed by atoms with van der Waals surface area (Å²) in [5, 5.41) is 9.40. The van der Waals surface area contributed by atoms with Gasteiger partial charge in [0.1, 0.15) is 0 Å². The molecule has 1 amide bonds. The number of hydrogen-bond acceptors (Lipinski definition) is 3. The molecule has 5 nitrogen and oxygen atoms in total. The second-order valence-electron chi connectivity index (χ2n) is 3.86. The highest BCUT2D eigenvalue weighted by Gasteiger charge is 2.04. The van der Waals surface area contributed by atoms with Crippen molar-refractivity contribution in [2.75, 3.05) is 26.8 Å². The SMILES string of the molecule is CCCNC(=O)CCNC(=S)NC(C)COC. The number of carbonyl (C=O) groups is 1. The van der Waals surface area contributed by atoms with Gasteiger partial charge in [-0.25, -0.2) is 0 Å². The van der Waals surface area contributed by atoms with Gasteiger partial charge in [-0.3, -0.25) is 4.79 Å². The average Bonchev–Trinajstić information content (AvgIpc) is 2.26. The lowest BCUT2D eigenvalue weighted by molar-refractivity contribution is -0.120. The molecule has 0 rings (SSSR count). The highest BCUT2D eigenvalue weighted by molar-refractivity contribution is 7.80. The van der Waals surface area contributed by atoms with Crippen LogP contribution in [0.3, 0.4) is 0 Å². The molecule has 0 fully saturated rings. The lowest BCUT2D eigenvalue weighted by atomic mass is 10.3. The maximum absolute atomic E-state index is 11.3. The highest BCUT2D eigenvalue weighted by atomic mass is 32.1. The molecule has 0 spiro atoms. The van der Waals surface area contributed by atoms with Crippen molar-refractivity contribution in [3.05, 3.63) is 0 Å². The van der Waals surface area contributed by atoms with E-state index in [1.807, 2.05) is 13.8 Å². The van der Waals surface area contributed by atoms with Crippen LogP contribution < -0.4 is 16.0 Å². The van der Waals surface area contributed by atoms with Gasteiger partial charge >= 0.3 is 0 Å². The van der Waals surface area contributed by atoms with Crippen molar-refractivity contribution in [3.63, 3.8) is 0 Å². The number of methoxy groups -OCH3 is 1. The van der Waals surface area contributed by atoms with Crippen LogP contribution in [-0.4, -0.2) is 43.9 Å². The fraction of sp³-hybridized carbons (Fsp3) is 0.818. The molecule has 0 aromatic rings. The van der Waals surface area contributed by atoms with Gasteiger partial charge in [-0.05, 0) is 25.6 Å². The smallest absolute Gasteiger partial charge is 0.221 e. The molecule has 17 heavy (non-hydrogen) atoms. The third-order valence-corrected chi connectivity index (χ3v) is 2.27. The van der Waals surface area contributed by atoms with Crippen LogP contribution in [0.2, 0.25) is 0 Å². The number of amides is 1. The molecule has 0 aliphatic rings. The third-order valence-electron chi connectivity index (χ3n) is 2.00. The van der Waals surface area contributed by atoms with E-state index >= 15 is 0 Å². The minimum absolute atomic E-state index is 0.0482. The van der Waals surface area contributed by atoms with E-state index < -0.39 is 0 Å². The zero-order valence-corrected chi connectivity index (χ0v) is 11.7. The molecule has 0 aromatic carbocycles. The average molecular weight is 261 g/mol. The van der Waals surface area contributed by atoms with Crippen LogP contribution in [0.4, 0.5) is 0 Å². The number of carbonyl (C=O) groups excluding carboxylic acids is 1. The van der Waals surface area contributed by atoms with Gasteiger partial charge in [0.15, 0.2) is 5.11 Å². The number of thiocarbonyl (C=S) groups is 1. The molecule has 0 saturated heterocycles. The Morgan fingerprint density at radius 2 is 2.06 bits per heavy atom. The minimum atomic E-state index is 0.0482. The summed E-state index contributed by atoms with van der Waals surface area (Å²) in [6.07, 6.45) is 1.38. The van der Waals surface area contributed by atoms with E-state index in [1.54, 1.807) is 7.11 Å². The lowest BCUT2D eigenvalue weighted by Gasteiger charge is -2.15. The second-order valence-corrected chi connectivity index (χ2v) is 4.26. The van der Waals surface area contributed by atoms with Gasteiger partial charge in [-0.15, -0.1) is 0 Å². The number of rotatable bonds is 8. The topological polar surface area (TPSA) is 62.4 Å². The van der Waals surface area contributed by atoms with E-state index in [0.717, 1.165) is 13.0 Å². The maximum Gasteiger partial charge on any atom is 0.221 e. The van der Waals surface area contributed by atoms with Gasteiger partial charge in [0, 0.05) is 32.7 Å². The Morgan fingerprint density at radius 1 is 1.35 bits per heavy atom. The van der Waals surface area contributed by atoms with E-state index in [9.17, 15) is 4.79 Å². The van der Waals surface area contributed by atoms with E-state index in [1.165, 1.54) is 0 Å². The Kier molecular flexibility index (Phi) is 9.75. The van der Waals surface area contributed by atoms with Gasteiger partial charge in [-0.2, -0.15) is 0 Å². The molecule has 0 saturated carbocycles. The summed E-state index contributed by atoms with van der Waals surface area (Å²) in [5.74, 6) is 0.0482. The first-order valence-corrected chi connectivity index (χ1v) is 6.31. The Morgan fingerprint density at radius 3 is 2.65 bits per heavy atom. The summed E-state index contributed by atoms with van der Waals surface area (Å²) in [5.41, 5.74) is 0. The predicted octanol–water partition coefficient (Wildman–Crippen LogP) is 0.402. The summed E-state index contributed by atoms with van der Waals surface area (Å²) in [4.78, 5) is 11.3. The van der Waals surface area contributed by atoms with Crippen molar-refractivity contribution in [2.45, 2.75) is 32.7 Å². The quantitative estimate of drug-likeness (QED) is 0.552. The molecule has 0 aliphatic heterocycles. The zero-order valence-electron chi connectivity index (χ0n) is 10.8. The zero-order chi connectivity index (χ0) is 13.1. The minimum Gasteiger partial charge on any atom is -0.383 e. The summed E-state index contributed by atoms with van der Waals surface area (Å²) >= 11 is 5.07. The van der Waals surface area contributed by atoms with E-state index in [4.69, 9.17) is 17.0 Å². The molecule has 3 N–H and O–H groups in total. The Hall–Kier alpha value is -0.880. The fourth-order valence-corrected chi connectivity index (χ4v) is 1.51. The molecule has 0 heterocycles. The molecular weight excluding hydrogens is 238 g/mol. The van der Waals surface area contributed by atoms with Crippen LogP contribution in [-0.2, 0) is 9.53 Å². The first kappa shape index (κ1) is 16.1.